The van der Waals surface area contributed by atoms with Crippen LogP contribution in [0.5, 0.6) is 0 Å². The molecule has 1 amide bonds. The Balaban J connectivity index is 2.01. The maximum Gasteiger partial charge on any atom is 0.251 e. The molecule has 0 aliphatic heterocycles. The number of carbonyl (C=O) groups is 1. The Labute approximate surface area is 112 Å². The van der Waals surface area contributed by atoms with Gasteiger partial charge in [0.05, 0.1) is 0 Å². The van der Waals surface area contributed by atoms with Crippen LogP contribution in [0.3, 0.4) is 0 Å². The van der Waals surface area contributed by atoms with Gasteiger partial charge in [0, 0.05) is 12.1 Å². The molecule has 2 nitrogen and oxygen atoms in total. The van der Waals surface area contributed by atoms with Crippen LogP contribution in [-0.4, -0.2) is 5.91 Å². The molecule has 2 rings (SSSR count). The summed E-state index contributed by atoms with van der Waals surface area (Å²) >= 11 is 0. The third-order valence-corrected chi connectivity index (χ3v) is 3.01. The molecule has 0 aliphatic rings. The van der Waals surface area contributed by atoms with Crippen LogP contribution in [0.15, 0.2) is 42.5 Å². The van der Waals surface area contributed by atoms with E-state index in [1.54, 1.807) is 19.1 Å². The molecular weight excluding hydrogens is 241 g/mol. The average molecular weight is 257 g/mol. The van der Waals surface area contributed by atoms with Crippen molar-refractivity contribution in [2.24, 2.45) is 0 Å². The van der Waals surface area contributed by atoms with Gasteiger partial charge in [-0.2, -0.15) is 0 Å². The number of aryl methyl sites for hydroxylation is 2. The molecule has 0 saturated carbocycles. The fourth-order valence-corrected chi connectivity index (χ4v) is 1.72. The van der Waals surface area contributed by atoms with Crippen molar-refractivity contribution in [2.45, 2.75) is 20.4 Å². The van der Waals surface area contributed by atoms with Crippen LogP contribution in [0.1, 0.15) is 27.0 Å². The fraction of sp³-hybridized carbons (Fsp3) is 0.188. The first-order chi connectivity index (χ1) is 9.06. The third-order valence-electron chi connectivity index (χ3n) is 3.01. The van der Waals surface area contributed by atoms with Crippen LogP contribution >= 0.6 is 0 Å². The smallest absolute Gasteiger partial charge is 0.251 e. The Kier molecular flexibility index (Phi) is 3.95. The van der Waals surface area contributed by atoms with Crippen LogP contribution < -0.4 is 5.32 Å². The summed E-state index contributed by atoms with van der Waals surface area (Å²) in [4.78, 5) is 11.9. The second kappa shape index (κ2) is 5.65. The van der Waals surface area contributed by atoms with Gasteiger partial charge in [0.2, 0.25) is 0 Å². The quantitative estimate of drug-likeness (QED) is 0.897. The minimum absolute atomic E-state index is 0.264. The Morgan fingerprint density at radius 3 is 2.42 bits per heavy atom. The molecule has 1 N–H and O–H groups in total. The molecule has 0 aromatic heterocycles. The number of nitrogens with one attached hydrogen (secondary N) is 1. The average Bonchev–Trinajstić information content (AvgIpc) is 2.41. The first-order valence-corrected chi connectivity index (χ1v) is 6.16. The normalized spacial score (nSPS) is 10.3. The Morgan fingerprint density at radius 2 is 1.79 bits per heavy atom. The summed E-state index contributed by atoms with van der Waals surface area (Å²) in [5.41, 5.74) is 3.08. The molecular formula is C16H16FNO. The van der Waals surface area contributed by atoms with Gasteiger partial charge >= 0.3 is 0 Å². The zero-order chi connectivity index (χ0) is 13.8. The van der Waals surface area contributed by atoms with Gasteiger partial charge in [-0.1, -0.05) is 35.9 Å². The summed E-state index contributed by atoms with van der Waals surface area (Å²) in [6, 6.07) is 12.4. The Bertz CT molecular complexity index is 590. The summed E-state index contributed by atoms with van der Waals surface area (Å²) in [6.07, 6.45) is 0. The van der Waals surface area contributed by atoms with Crippen molar-refractivity contribution >= 4 is 5.91 Å². The second-order valence-corrected chi connectivity index (χ2v) is 4.63. The van der Waals surface area contributed by atoms with Gasteiger partial charge in [0.25, 0.3) is 5.91 Å². The standard InChI is InChI=1S/C16H16FNO/c1-11-3-6-13(7-4-11)10-18-16(19)14-8-5-12(2)15(17)9-14/h3-9H,10H2,1-2H3,(H,18,19). The van der Waals surface area contributed by atoms with Crippen molar-refractivity contribution in [3.8, 4) is 0 Å². The molecule has 0 radical (unpaired) electrons. The minimum atomic E-state index is -0.358. The van der Waals surface area contributed by atoms with Crippen molar-refractivity contribution in [3.63, 3.8) is 0 Å². The molecule has 98 valence electrons. The summed E-state index contributed by atoms with van der Waals surface area (Å²) in [5.74, 6) is -0.623. The van der Waals surface area contributed by atoms with E-state index in [1.807, 2.05) is 31.2 Å². The zero-order valence-electron chi connectivity index (χ0n) is 11.0. The van der Waals surface area contributed by atoms with E-state index in [0.29, 0.717) is 17.7 Å². The number of halogens is 1. The SMILES string of the molecule is Cc1ccc(CNC(=O)c2ccc(C)c(F)c2)cc1. The van der Waals surface area contributed by atoms with E-state index in [0.717, 1.165) is 5.56 Å². The van der Waals surface area contributed by atoms with Crippen LogP contribution in [0.2, 0.25) is 0 Å². The molecule has 0 fully saturated rings. The van der Waals surface area contributed by atoms with Crippen molar-refractivity contribution in [1.29, 1.82) is 0 Å². The molecule has 0 heterocycles. The third kappa shape index (κ3) is 3.41. The Morgan fingerprint density at radius 1 is 1.11 bits per heavy atom. The van der Waals surface area contributed by atoms with Crippen molar-refractivity contribution in [3.05, 3.63) is 70.5 Å². The lowest BCUT2D eigenvalue weighted by molar-refractivity contribution is 0.0950. The van der Waals surface area contributed by atoms with Crippen molar-refractivity contribution < 1.29 is 9.18 Å². The van der Waals surface area contributed by atoms with E-state index < -0.39 is 0 Å². The fourth-order valence-electron chi connectivity index (χ4n) is 1.72. The van der Waals surface area contributed by atoms with Crippen LogP contribution in [0.25, 0.3) is 0 Å². The maximum atomic E-state index is 13.4. The maximum absolute atomic E-state index is 13.4. The topological polar surface area (TPSA) is 29.1 Å². The minimum Gasteiger partial charge on any atom is -0.348 e. The summed E-state index contributed by atoms with van der Waals surface area (Å²) in [7, 11) is 0. The van der Waals surface area contributed by atoms with E-state index in [9.17, 15) is 9.18 Å². The highest BCUT2D eigenvalue weighted by atomic mass is 19.1. The highest BCUT2D eigenvalue weighted by Crippen LogP contribution is 2.09. The monoisotopic (exact) mass is 257 g/mol. The first-order valence-electron chi connectivity index (χ1n) is 6.16. The predicted octanol–water partition coefficient (Wildman–Crippen LogP) is 3.37. The van der Waals surface area contributed by atoms with E-state index in [2.05, 4.69) is 5.32 Å². The molecule has 3 heteroatoms. The number of hydrogen-bond acceptors (Lipinski definition) is 1. The van der Waals surface area contributed by atoms with Gasteiger partial charge in [0.15, 0.2) is 0 Å². The van der Waals surface area contributed by atoms with Crippen LogP contribution in [0.4, 0.5) is 4.39 Å². The van der Waals surface area contributed by atoms with Gasteiger partial charge in [-0.3, -0.25) is 4.79 Å². The Hall–Kier alpha value is -2.16. The van der Waals surface area contributed by atoms with Crippen LogP contribution in [0, 0.1) is 19.7 Å². The number of rotatable bonds is 3. The van der Waals surface area contributed by atoms with Crippen molar-refractivity contribution in [1.82, 2.24) is 5.32 Å². The zero-order valence-corrected chi connectivity index (χ0v) is 11.0. The van der Waals surface area contributed by atoms with Gasteiger partial charge < -0.3 is 5.32 Å². The molecule has 0 unspecified atom stereocenters. The van der Waals surface area contributed by atoms with E-state index in [4.69, 9.17) is 0 Å². The summed E-state index contributed by atoms with van der Waals surface area (Å²) in [5, 5.41) is 2.78. The first kappa shape index (κ1) is 13.3. The molecule has 2 aromatic carbocycles. The second-order valence-electron chi connectivity index (χ2n) is 4.63. The lowest BCUT2D eigenvalue weighted by Gasteiger charge is -2.06. The lowest BCUT2D eigenvalue weighted by Crippen LogP contribution is -2.22. The molecule has 0 bridgehead atoms. The van der Waals surface area contributed by atoms with E-state index >= 15 is 0 Å². The lowest BCUT2D eigenvalue weighted by atomic mass is 10.1. The number of carbonyl (C=O) groups excluding carboxylic acids is 1. The van der Waals surface area contributed by atoms with Gasteiger partial charge in [-0.15, -0.1) is 0 Å². The number of amides is 1. The molecule has 0 atom stereocenters. The van der Waals surface area contributed by atoms with Crippen molar-refractivity contribution in [2.75, 3.05) is 0 Å². The predicted molar refractivity (Wildman–Crippen MR) is 73.5 cm³/mol. The van der Waals surface area contributed by atoms with E-state index in [-0.39, 0.29) is 11.7 Å². The molecule has 0 saturated heterocycles. The highest BCUT2D eigenvalue weighted by Gasteiger charge is 2.07. The molecule has 2 aromatic rings. The molecule has 19 heavy (non-hydrogen) atoms. The van der Waals surface area contributed by atoms with Crippen LogP contribution in [-0.2, 0) is 6.54 Å². The van der Waals surface area contributed by atoms with Gasteiger partial charge in [-0.05, 0) is 37.1 Å². The summed E-state index contributed by atoms with van der Waals surface area (Å²) < 4.78 is 13.4. The van der Waals surface area contributed by atoms with Gasteiger partial charge in [-0.25, -0.2) is 4.39 Å². The highest BCUT2D eigenvalue weighted by molar-refractivity contribution is 5.94. The van der Waals surface area contributed by atoms with E-state index in [1.165, 1.54) is 11.6 Å². The molecule has 0 spiro atoms. The number of benzene rings is 2. The summed E-state index contributed by atoms with van der Waals surface area (Å²) in [6.45, 7) is 4.12. The van der Waals surface area contributed by atoms with Gasteiger partial charge in [0.1, 0.15) is 5.82 Å². The molecule has 0 aliphatic carbocycles. The largest absolute Gasteiger partial charge is 0.348 e. The number of hydrogen-bond donors (Lipinski definition) is 1.